The zero-order valence-electron chi connectivity index (χ0n) is 11.9. The molecule has 2 N–H and O–H groups in total. The minimum absolute atomic E-state index is 0.0767. The van der Waals surface area contributed by atoms with Crippen LogP contribution in [0.4, 0.5) is 11.9 Å². The molecule has 0 aliphatic carbocycles. The monoisotopic (exact) mass is 279 g/mol. The molecule has 9 heteroatoms. The molecule has 0 aliphatic heterocycles. The molecule has 0 unspecified atom stereocenters. The Bertz CT molecular complexity index is 582. The quantitative estimate of drug-likeness (QED) is 0.839. The second-order valence-corrected chi connectivity index (χ2v) is 4.67. The average Bonchev–Trinajstić information content (AvgIpc) is 2.84. The molecule has 2 aromatic rings. The largest absolute Gasteiger partial charge is 0.441 e. The Morgan fingerprint density at radius 1 is 1.20 bits per heavy atom. The predicted molar refractivity (Wildman–Crippen MR) is 71.3 cm³/mol. The molecule has 2 heterocycles. The minimum atomic E-state index is 0.0767. The minimum Gasteiger partial charge on any atom is -0.441 e. The second kappa shape index (κ2) is 5.68. The number of aromatic nitrogens is 5. The van der Waals surface area contributed by atoms with Crippen LogP contribution in [0.5, 0.6) is 6.08 Å². The van der Waals surface area contributed by atoms with E-state index in [0.29, 0.717) is 17.6 Å². The van der Waals surface area contributed by atoms with Crippen molar-refractivity contribution in [3.63, 3.8) is 0 Å². The van der Waals surface area contributed by atoms with Crippen LogP contribution >= 0.6 is 0 Å². The van der Waals surface area contributed by atoms with Crippen molar-refractivity contribution in [2.24, 2.45) is 0 Å². The number of hydrogen-bond acceptors (Lipinski definition) is 9. The van der Waals surface area contributed by atoms with E-state index in [1.165, 1.54) is 0 Å². The van der Waals surface area contributed by atoms with Crippen molar-refractivity contribution in [3.05, 3.63) is 11.6 Å². The number of hydrogen-bond donors (Lipinski definition) is 1. The zero-order chi connectivity index (χ0) is 14.7. The Hall–Kier alpha value is -2.45. The topological polar surface area (TPSA) is 116 Å². The molecule has 0 bridgehead atoms. The van der Waals surface area contributed by atoms with Crippen molar-refractivity contribution in [1.82, 2.24) is 25.1 Å². The molecule has 108 valence electrons. The number of rotatable bonds is 5. The van der Waals surface area contributed by atoms with Gasteiger partial charge < -0.3 is 15.4 Å². The van der Waals surface area contributed by atoms with Crippen LogP contribution in [0.15, 0.2) is 4.52 Å². The van der Waals surface area contributed by atoms with Gasteiger partial charge in [0.15, 0.2) is 18.3 Å². The second-order valence-electron chi connectivity index (χ2n) is 4.67. The van der Waals surface area contributed by atoms with E-state index in [1.807, 2.05) is 27.9 Å². The number of nitrogens with two attached hydrogens (primary N) is 1. The Balaban J connectivity index is 2.06. The number of anilines is 2. The summed E-state index contributed by atoms with van der Waals surface area (Å²) in [6, 6.07) is 0. The molecule has 0 spiro atoms. The first kappa shape index (κ1) is 14.0. The van der Waals surface area contributed by atoms with Crippen LogP contribution in [0.1, 0.15) is 31.4 Å². The van der Waals surface area contributed by atoms with E-state index in [2.05, 4.69) is 25.1 Å². The molecule has 2 aromatic heterocycles. The molecule has 9 nitrogen and oxygen atoms in total. The van der Waals surface area contributed by atoms with Crippen LogP contribution in [0.3, 0.4) is 0 Å². The average molecular weight is 279 g/mol. The van der Waals surface area contributed by atoms with Crippen molar-refractivity contribution < 1.29 is 9.26 Å². The summed E-state index contributed by atoms with van der Waals surface area (Å²) in [5.41, 5.74) is 5.61. The van der Waals surface area contributed by atoms with Crippen molar-refractivity contribution in [1.29, 1.82) is 0 Å². The van der Waals surface area contributed by atoms with Gasteiger partial charge in [0, 0.05) is 20.0 Å². The third-order valence-electron chi connectivity index (χ3n) is 2.35. The first-order valence-electron chi connectivity index (χ1n) is 6.10. The van der Waals surface area contributed by atoms with Gasteiger partial charge in [-0.3, -0.25) is 4.52 Å². The first-order valence-corrected chi connectivity index (χ1v) is 6.10. The molecule has 20 heavy (non-hydrogen) atoms. The van der Waals surface area contributed by atoms with Crippen LogP contribution in [-0.2, 0) is 6.61 Å². The molecule has 0 radical (unpaired) electrons. The van der Waals surface area contributed by atoms with Crippen molar-refractivity contribution in [2.75, 3.05) is 24.7 Å². The fourth-order valence-corrected chi connectivity index (χ4v) is 1.33. The molecular weight excluding hydrogens is 262 g/mol. The van der Waals surface area contributed by atoms with Gasteiger partial charge in [0.05, 0.1) is 0 Å². The van der Waals surface area contributed by atoms with Crippen LogP contribution in [-0.4, -0.2) is 39.2 Å². The molecule has 0 saturated carbocycles. The molecule has 0 amide bonds. The van der Waals surface area contributed by atoms with E-state index in [9.17, 15) is 0 Å². The summed E-state index contributed by atoms with van der Waals surface area (Å²) >= 11 is 0. The summed E-state index contributed by atoms with van der Waals surface area (Å²) in [4.78, 5) is 18.0. The lowest BCUT2D eigenvalue weighted by molar-refractivity contribution is 0.190. The van der Waals surface area contributed by atoms with Gasteiger partial charge in [-0.05, 0) is 0 Å². The summed E-state index contributed by atoms with van der Waals surface area (Å²) in [6.45, 7) is 4.00. The van der Waals surface area contributed by atoms with Gasteiger partial charge in [-0.1, -0.05) is 19.0 Å². The molecule has 0 aromatic carbocycles. The number of nitrogens with zero attached hydrogens (tertiary/aromatic N) is 6. The third kappa shape index (κ3) is 3.31. The van der Waals surface area contributed by atoms with Gasteiger partial charge in [0.25, 0.3) is 0 Å². The predicted octanol–water partition coefficient (Wildman–Crippen LogP) is 0.605. The van der Waals surface area contributed by atoms with Gasteiger partial charge in [-0.2, -0.15) is 19.9 Å². The fourth-order valence-electron chi connectivity index (χ4n) is 1.33. The summed E-state index contributed by atoms with van der Waals surface area (Å²) < 4.78 is 10.3. The maximum absolute atomic E-state index is 5.61. The fraction of sp³-hybridized carbons (Fsp3) is 0.545. The summed E-state index contributed by atoms with van der Waals surface area (Å²) in [5.74, 6) is 1.75. The van der Waals surface area contributed by atoms with Gasteiger partial charge in [0.2, 0.25) is 11.9 Å². The maximum Gasteiger partial charge on any atom is 0.417 e. The van der Waals surface area contributed by atoms with Gasteiger partial charge in [-0.25, -0.2) is 0 Å². The number of nitrogen functional groups attached to an aromatic ring is 1. The summed E-state index contributed by atoms with van der Waals surface area (Å²) in [6.07, 6.45) is 0.0825. The lowest BCUT2D eigenvalue weighted by Gasteiger charge is -2.10. The highest BCUT2D eigenvalue weighted by Gasteiger charge is 2.12. The summed E-state index contributed by atoms with van der Waals surface area (Å²) in [5, 5.41) is 3.79. The Morgan fingerprint density at radius 3 is 2.55 bits per heavy atom. The lowest BCUT2D eigenvalue weighted by atomic mass is 10.2. The van der Waals surface area contributed by atoms with Crippen LogP contribution in [0.25, 0.3) is 0 Å². The van der Waals surface area contributed by atoms with Crippen LogP contribution in [0, 0.1) is 0 Å². The highest BCUT2D eigenvalue weighted by molar-refractivity contribution is 5.32. The SMILES string of the molecule is CC(C)c1noc(OCc2nc(N)nc(N(C)C)n2)n1. The molecule has 2 rings (SSSR count). The standard InChI is InChI=1S/C11H17N7O2/c1-6(2)8-15-11(20-17-8)19-5-7-13-9(12)16-10(14-7)18(3)4/h6H,5H2,1-4H3,(H2,12,13,14,16). The van der Waals surface area contributed by atoms with Crippen LogP contribution in [0.2, 0.25) is 0 Å². The van der Waals surface area contributed by atoms with Crippen molar-refractivity contribution in [2.45, 2.75) is 26.4 Å². The van der Waals surface area contributed by atoms with E-state index in [-0.39, 0.29) is 24.5 Å². The van der Waals surface area contributed by atoms with E-state index in [0.717, 1.165) is 0 Å². The van der Waals surface area contributed by atoms with Crippen molar-refractivity contribution in [3.8, 4) is 6.08 Å². The Kier molecular flexibility index (Phi) is 3.97. The third-order valence-corrected chi connectivity index (χ3v) is 2.35. The highest BCUT2D eigenvalue weighted by atomic mass is 16.6. The van der Waals surface area contributed by atoms with Gasteiger partial charge >= 0.3 is 6.08 Å². The van der Waals surface area contributed by atoms with Crippen LogP contribution < -0.4 is 15.4 Å². The molecular formula is C11H17N7O2. The summed E-state index contributed by atoms with van der Waals surface area (Å²) in [7, 11) is 3.62. The van der Waals surface area contributed by atoms with E-state index in [1.54, 1.807) is 4.90 Å². The van der Waals surface area contributed by atoms with Crippen molar-refractivity contribution >= 4 is 11.9 Å². The Labute approximate surface area is 116 Å². The smallest absolute Gasteiger partial charge is 0.417 e. The first-order chi connectivity index (χ1) is 9.45. The molecule has 0 saturated heterocycles. The zero-order valence-corrected chi connectivity index (χ0v) is 11.9. The van der Waals surface area contributed by atoms with E-state index in [4.69, 9.17) is 15.0 Å². The molecule has 0 aliphatic rings. The lowest BCUT2D eigenvalue weighted by Crippen LogP contribution is -2.16. The van der Waals surface area contributed by atoms with E-state index < -0.39 is 0 Å². The van der Waals surface area contributed by atoms with Gasteiger partial charge in [-0.15, -0.1) is 0 Å². The maximum atomic E-state index is 5.61. The molecule has 0 atom stereocenters. The normalized spacial score (nSPS) is 10.8. The molecule has 0 fully saturated rings. The number of ether oxygens (including phenoxy) is 1. The van der Waals surface area contributed by atoms with Gasteiger partial charge in [0.1, 0.15) is 0 Å². The highest BCUT2D eigenvalue weighted by Crippen LogP contribution is 2.15. The van der Waals surface area contributed by atoms with E-state index >= 15 is 0 Å². The Morgan fingerprint density at radius 2 is 1.95 bits per heavy atom.